The minimum Gasteiger partial charge on any atom is -0.489 e. The summed E-state index contributed by atoms with van der Waals surface area (Å²) in [7, 11) is 2.05. The number of hydrogen-bond donors (Lipinski definition) is 1. The molecule has 1 N–H and O–H groups in total. The second kappa shape index (κ2) is 5.54. The third-order valence-corrected chi connectivity index (χ3v) is 4.90. The molecule has 3 unspecified atom stereocenters. The van der Waals surface area contributed by atoms with E-state index in [1.54, 1.807) is 0 Å². The van der Waals surface area contributed by atoms with E-state index in [1.165, 1.54) is 5.56 Å². The molecule has 0 bridgehead atoms. The number of rotatable bonds is 5. The third-order valence-electron chi connectivity index (χ3n) is 4.90. The summed E-state index contributed by atoms with van der Waals surface area (Å²) in [5.41, 5.74) is 1.56. The Kier molecular flexibility index (Phi) is 4.19. The van der Waals surface area contributed by atoms with Gasteiger partial charge in [-0.05, 0) is 31.0 Å². The lowest BCUT2D eigenvalue weighted by molar-refractivity contribution is -0.0682. The quantitative estimate of drug-likeness (QED) is 0.866. The lowest BCUT2D eigenvalue weighted by Gasteiger charge is -2.53. The molecule has 0 spiro atoms. The minimum absolute atomic E-state index is 0.249. The van der Waals surface area contributed by atoms with Crippen LogP contribution in [0.5, 0.6) is 5.75 Å². The van der Waals surface area contributed by atoms with E-state index in [0.717, 1.165) is 18.6 Å². The SMILES string of the molecule is CCC1(C)C(NC)CC1Oc1ccccc1C(C)C. The molecule has 1 saturated carbocycles. The van der Waals surface area contributed by atoms with Crippen LogP contribution in [0.2, 0.25) is 0 Å². The molecule has 3 atom stereocenters. The third kappa shape index (κ3) is 2.51. The zero-order chi connectivity index (χ0) is 14.0. The van der Waals surface area contributed by atoms with Gasteiger partial charge in [0.25, 0.3) is 0 Å². The zero-order valence-electron chi connectivity index (χ0n) is 12.9. The van der Waals surface area contributed by atoms with Gasteiger partial charge in [0.05, 0.1) is 0 Å². The summed E-state index contributed by atoms with van der Waals surface area (Å²) < 4.78 is 6.34. The van der Waals surface area contributed by atoms with Gasteiger partial charge in [-0.3, -0.25) is 0 Å². The number of nitrogens with one attached hydrogen (secondary N) is 1. The van der Waals surface area contributed by atoms with Crippen molar-refractivity contribution < 1.29 is 4.74 Å². The van der Waals surface area contributed by atoms with E-state index in [0.29, 0.717) is 18.1 Å². The molecule has 1 aliphatic rings. The van der Waals surface area contributed by atoms with Gasteiger partial charge in [-0.2, -0.15) is 0 Å². The Balaban J connectivity index is 2.15. The van der Waals surface area contributed by atoms with Crippen LogP contribution in [0.1, 0.15) is 52.0 Å². The number of ether oxygens (including phenoxy) is 1. The summed E-state index contributed by atoms with van der Waals surface area (Å²) in [6.07, 6.45) is 2.58. The van der Waals surface area contributed by atoms with Crippen LogP contribution in [0.15, 0.2) is 24.3 Å². The highest BCUT2D eigenvalue weighted by Crippen LogP contribution is 2.46. The van der Waals surface area contributed by atoms with Gasteiger partial charge in [-0.15, -0.1) is 0 Å². The first-order chi connectivity index (χ1) is 9.02. The molecule has 2 rings (SSSR count). The van der Waals surface area contributed by atoms with Crippen molar-refractivity contribution in [2.45, 2.75) is 58.6 Å². The van der Waals surface area contributed by atoms with E-state index in [4.69, 9.17) is 4.74 Å². The first-order valence-electron chi connectivity index (χ1n) is 7.45. The van der Waals surface area contributed by atoms with E-state index in [2.05, 4.69) is 64.3 Å². The fourth-order valence-corrected chi connectivity index (χ4v) is 3.14. The summed E-state index contributed by atoms with van der Waals surface area (Å²) in [5, 5.41) is 3.42. The van der Waals surface area contributed by atoms with Crippen molar-refractivity contribution >= 4 is 0 Å². The maximum absolute atomic E-state index is 6.34. The van der Waals surface area contributed by atoms with Crippen LogP contribution in [0.4, 0.5) is 0 Å². The molecule has 106 valence electrons. The predicted octanol–water partition coefficient (Wildman–Crippen LogP) is 3.97. The molecule has 0 amide bonds. The molecule has 0 aromatic heterocycles. The van der Waals surface area contributed by atoms with Crippen LogP contribution in [0.3, 0.4) is 0 Å². The molecule has 0 heterocycles. The fraction of sp³-hybridized carbons (Fsp3) is 0.647. The normalized spacial score (nSPS) is 30.2. The Bertz CT molecular complexity index is 429. The monoisotopic (exact) mass is 261 g/mol. The van der Waals surface area contributed by atoms with Crippen molar-refractivity contribution in [3.05, 3.63) is 29.8 Å². The van der Waals surface area contributed by atoms with Gasteiger partial charge < -0.3 is 10.1 Å². The van der Waals surface area contributed by atoms with Gasteiger partial charge in [0.2, 0.25) is 0 Å². The van der Waals surface area contributed by atoms with Crippen molar-refractivity contribution in [1.29, 1.82) is 0 Å². The molecular formula is C17H27NO. The summed E-state index contributed by atoms with van der Waals surface area (Å²) in [4.78, 5) is 0. The smallest absolute Gasteiger partial charge is 0.123 e. The lowest BCUT2D eigenvalue weighted by Crippen LogP contribution is -2.62. The van der Waals surface area contributed by atoms with E-state index >= 15 is 0 Å². The number of hydrogen-bond acceptors (Lipinski definition) is 2. The molecule has 19 heavy (non-hydrogen) atoms. The van der Waals surface area contributed by atoms with Crippen LogP contribution in [0, 0.1) is 5.41 Å². The highest BCUT2D eigenvalue weighted by Gasteiger charge is 2.51. The van der Waals surface area contributed by atoms with Crippen LogP contribution in [-0.4, -0.2) is 19.2 Å². The average Bonchev–Trinajstić information content (AvgIpc) is 2.42. The largest absolute Gasteiger partial charge is 0.489 e. The predicted molar refractivity (Wildman–Crippen MR) is 80.8 cm³/mol. The zero-order valence-corrected chi connectivity index (χ0v) is 12.9. The van der Waals surface area contributed by atoms with Crippen molar-refractivity contribution in [2.24, 2.45) is 5.41 Å². The highest BCUT2D eigenvalue weighted by atomic mass is 16.5. The Morgan fingerprint density at radius 3 is 2.63 bits per heavy atom. The minimum atomic E-state index is 0.249. The Morgan fingerprint density at radius 1 is 1.37 bits per heavy atom. The number of benzene rings is 1. The standard InChI is InChI=1S/C17H27NO/c1-6-17(4)15(18-5)11-16(17)19-14-10-8-7-9-13(14)12(2)3/h7-10,12,15-16,18H,6,11H2,1-5H3. The van der Waals surface area contributed by atoms with Crippen LogP contribution in [0.25, 0.3) is 0 Å². The lowest BCUT2D eigenvalue weighted by atomic mass is 9.61. The molecule has 1 aromatic rings. The van der Waals surface area contributed by atoms with Gasteiger partial charge in [0.15, 0.2) is 0 Å². The second-order valence-corrected chi connectivity index (χ2v) is 6.24. The summed E-state index contributed by atoms with van der Waals surface area (Å²) in [6, 6.07) is 9.03. The summed E-state index contributed by atoms with van der Waals surface area (Å²) >= 11 is 0. The highest BCUT2D eigenvalue weighted by molar-refractivity contribution is 5.36. The molecule has 0 aliphatic heterocycles. The molecule has 0 saturated heterocycles. The van der Waals surface area contributed by atoms with Gasteiger partial charge in [-0.1, -0.05) is 45.9 Å². The van der Waals surface area contributed by atoms with Crippen molar-refractivity contribution in [3.63, 3.8) is 0 Å². The Labute approximate surface area is 117 Å². The second-order valence-electron chi connectivity index (χ2n) is 6.24. The number of para-hydroxylation sites is 1. The van der Waals surface area contributed by atoms with Crippen molar-refractivity contribution in [3.8, 4) is 5.75 Å². The van der Waals surface area contributed by atoms with Gasteiger partial charge in [0.1, 0.15) is 11.9 Å². The average molecular weight is 261 g/mol. The van der Waals surface area contributed by atoms with Gasteiger partial charge >= 0.3 is 0 Å². The van der Waals surface area contributed by atoms with Crippen LogP contribution >= 0.6 is 0 Å². The molecule has 2 nitrogen and oxygen atoms in total. The summed E-state index contributed by atoms with van der Waals surface area (Å²) in [5.74, 6) is 1.57. The molecule has 2 heteroatoms. The van der Waals surface area contributed by atoms with E-state index in [9.17, 15) is 0 Å². The first kappa shape index (κ1) is 14.4. The molecular weight excluding hydrogens is 234 g/mol. The van der Waals surface area contributed by atoms with E-state index in [-0.39, 0.29) is 5.41 Å². The van der Waals surface area contributed by atoms with Crippen LogP contribution in [-0.2, 0) is 0 Å². The first-order valence-corrected chi connectivity index (χ1v) is 7.45. The maximum atomic E-state index is 6.34. The van der Waals surface area contributed by atoms with Crippen molar-refractivity contribution in [2.75, 3.05) is 7.05 Å². The van der Waals surface area contributed by atoms with E-state index in [1.807, 2.05) is 0 Å². The van der Waals surface area contributed by atoms with E-state index < -0.39 is 0 Å². The molecule has 1 fully saturated rings. The summed E-state index contributed by atoms with van der Waals surface area (Å²) in [6.45, 7) is 9.03. The van der Waals surface area contributed by atoms with Gasteiger partial charge in [-0.25, -0.2) is 0 Å². The van der Waals surface area contributed by atoms with Crippen LogP contribution < -0.4 is 10.1 Å². The topological polar surface area (TPSA) is 21.3 Å². The Morgan fingerprint density at radius 2 is 2.05 bits per heavy atom. The molecule has 0 radical (unpaired) electrons. The van der Waals surface area contributed by atoms with Gasteiger partial charge in [0, 0.05) is 17.9 Å². The maximum Gasteiger partial charge on any atom is 0.123 e. The fourth-order valence-electron chi connectivity index (χ4n) is 3.14. The Hall–Kier alpha value is -1.02. The molecule has 1 aliphatic carbocycles. The molecule has 1 aromatic carbocycles. The van der Waals surface area contributed by atoms with Crippen molar-refractivity contribution in [1.82, 2.24) is 5.32 Å².